The largest absolute Gasteiger partial charge is 0.481 e. The number of carbonyl (C=O) groups excluding carboxylic acids is 2. The zero-order valence-corrected chi connectivity index (χ0v) is 16.1. The van der Waals surface area contributed by atoms with Gasteiger partial charge in [-0.25, -0.2) is 4.79 Å². The highest BCUT2D eigenvalue weighted by Crippen LogP contribution is 2.17. The van der Waals surface area contributed by atoms with Gasteiger partial charge in [0.15, 0.2) is 0 Å². The van der Waals surface area contributed by atoms with Crippen molar-refractivity contribution in [1.82, 2.24) is 10.6 Å². The van der Waals surface area contributed by atoms with Crippen LogP contribution in [0.25, 0.3) is 0 Å². The van der Waals surface area contributed by atoms with E-state index in [0.29, 0.717) is 13.0 Å². The molecule has 7 heteroatoms. The number of hydrogen-bond acceptors (Lipinski definition) is 5. The van der Waals surface area contributed by atoms with Crippen LogP contribution in [0, 0.1) is 5.41 Å². The van der Waals surface area contributed by atoms with E-state index in [1.165, 1.54) is 0 Å². The van der Waals surface area contributed by atoms with E-state index >= 15 is 0 Å². The highest BCUT2D eigenvalue weighted by molar-refractivity contribution is 5.90. The summed E-state index contributed by atoms with van der Waals surface area (Å²) in [5.74, 6) is -2.88. The van der Waals surface area contributed by atoms with Crippen molar-refractivity contribution in [2.75, 3.05) is 13.7 Å². The second-order valence-corrected chi connectivity index (χ2v) is 7.31. The summed E-state index contributed by atoms with van der Waals surface area (Å²) in [7, 11) is 1.08. The lowest BCUT2D eigenvalue weighted by atomic mass is 9.92. The first-order valence-electron chi connectivity index (χ1n) is 11.1. The van der Waals surface area contributed by atoms with Crippen LogP contribution >= 0.6 is 0 Å². The number of carboxylic acid groups (broad SMARTS) is 1. The van der Waals surface area contributed by atoms with Gasteiger partial charge < -0.3 is 20.5 Å². The molecule has 0 aliphatic carbocycles. The van der Waals surface area contributed by atoms with Crippen molar-refractivity contribution >= 4 is 17.8 Å². The minimum absolute atomic E-state index is 0.0488. The summed E-state index contributed by atoms with van der Waals surface area (Å²) < 4.78 is 43.9. The minimum atomic E-state index is -1.38. The molecule has 7 nitrogen and oxygen atoms in total. The first kappa shape index (κ1) is 15.6. The molecule has 1 aromatic rings. The monoisotopic (exact) mass is 383 g/mol. The van der Waals surface area contributed by atoms with Gasteiger partial charge in [-0.1, -0.05) is 51.0 Å². The van der Waals surface area contributed by atoms with Gasteiger partial charge in [0.2, 0.25) is 5.91 Å². The van der Waals surface area contributed by atoms with Crippen LogP contribution in [0.4, 0.5) is 0 Å². The number of methoxy groups -OCH3 is 1. The fraction of sp³-hybridized carbons (Fsp3) is 0.550. The van der Waals surface area contributed by atoms with E-state index in [1.807, 2.05) is 20.8 Å². The number of aliphatic carboxylic acids is 1. The second-order valence-electron chi connectivity index (χ2n) is 7.31. The number of carbonyl (C=O) groups is 3. The maximum absolute atomic E-state index is 12.8. The summed E-state index contributed by atoms with van der Waals surface area (Å²) in [5, 5.41) is 14.4. The van der Waals surface area contributed by atoms with Gasteiger partial charge in [0.05, 0.1) is 26.4 Å². The van der Waals surface area contributed by atoms with Crippen LogP contribution in [0.5, 0.6) is 0 Å². The zero-order chi connectivity index (χ0) is 24.8. The van der Waals surface area contributed by atoms with E-state index in [1.54, 1.807) is 0 Å². The van der Waals surface area contributed by atoms with Crippen LogP contribution in [0.3, 0.4) is 0 Å². The molecular weight excluding hydrogens is 348 g/mol. The predicted molar refractivity (Wildman–Crippen MR) is 102 cm³/mol. The Balaban J connectivity index is 3.14. The number of amides is 1. The van der Waals surface area contributed by atoms with E-state index in [0.717, 1.165) is 7.11 Å². The molecule has 150 valence electrons. The van der Waals surface area contributed by atoms with Gasteiger partial charge in [-0.05, 0) is 23.9 Å². The summed E-state index contributed by atoms with van der Waals surface area (Å²) in [5.41, 5.74) is -0.213. The fourth-order valence-corrected chi connectivity index (χ4v) is 2.24. The van der Waals surface area contributed by atoms with E-state index in [9.17, 15) is 14.4 Å². The number of benzene rings is 1. The topological polar surface area (TPSA) is 105 Å². The van der Waals surface area contributed by atoms with Gasteiger partial charge in [0.1, 0.15) is 6.04 Å². The summed E-state index contributed by atoms with van der Waals surface area (Å²) in [4.78, 5) is 36.3. The van der Waals surface area contributed by atoms with Crippen LogP contribution in [0.15, 0.2) is 30.2 Å². The highest BCUT2D eigenvalue weighted by Gasteiger charge is 2.28. The van der Waals surface area contributed by atoms with Crippen LogP contribution < -0.4 is 10.6 Å². The standard InChI is InChI=1S/C20H30N2O5/c1-20(2,3)10-11-21-15(13-17(23)24)18(25)22-16(19(26)27-4)12-14-8-6-5-7-9-14/h5-9,15-16,21H,10-13H2,1-4H3,(H,22,25)(H,23,24)/t15-,16-/m0/s1/i5D,6D,7D,8D,9D. The van der Waals surface area contributed by atoms with Crippen LogP contribution in [0.2, 0.25) is 0 Å². The molecule has 0 aliphatic heterocycles. The van der Waals surface area contributed by atoms with Gasteiger partial charge >= 0.3 is 11.9 Å². The van der Waals surface area contributed by atoms with E-state index in [4.69, 9.17) is 16.7 Å². The number of rotatable bonds is 10. The average Bonchev–Trinajstić information content (AvgIpc) is 2.70. The molecule has 27 heavy (non-hydrogen) atoms. The Bertz CT molecular complexity index is 844. The smallest absolute Gasteiger partial charge is 0.328 e. The Morgan fingerprint density at radius 3 is 2.33 bits per heavy atom. The van der Waals surface area contributed by atoms with Crippen LogP contribution in [0.1, 0.15) is 46.0 Å². The third kappa shape index (κ3) is 9.19. The second kappa shape index (κ2) is 10.7. The molecule has 3 N–H and O–H groups in total. The Hall–Kier alpha value is -2.41. The molecule has 0 aromatic heterocycles. The maximum Gasteiger partial charge on any atom is 0.328 e. The number of esters is 1. The van der Waals surface area contributed by atoms with Crippen molar-refractivity contribution in [2.45, 2.75) is 52.1 Å². The SMILES string of the molecule is [2H]c1c([2H])c([2H])c(C[C@H](NC(=O)[C@H](CC(=O)O)NCCC(C)(C)C)C(=O)OC)c([2H])c1[2H]. The van der Waals surface area contributed by atoms with Crippen molar-refractivity contribution in [3.8, 4) is 0 Å². The number of carboxylic acids is 1. The van der Waals surface area contributed by atoms with Gasteiger partial charge in [0, 0.05) is 6.42 Å². The lowest BCUT2D eigenvalue weighted by Gasteiger charge is -2.23. The molecule has 0 saturated carbocycles. The Kier molecular flexibility index (Phi) is 6.18. The van der Waals surface area contributed by atoms with Gasteiger partial charge in [-0.15, -0.1) is 0 Å². The quantitative estimate of drug-likeness (QED) is 0.532. The van der Waals surface area contributed by atoms with Crippen LogP contribution in [-0.4, -0.2) is 48.7 Å². The Morgan fingerprint density at radius 1 is 1.19 bits per heavy atom. The van der Waals surface area contributed by atoms with Gasteiger partial charge in [-0.2, -0.15) is 0 Å². The molecule has 0 bridgehead atoms. The normalized spacial score (nSPS) is 16.1. The summed E-state index contributed by atoms with van der Waals surface area (Å²) in [6, 6.07) is -5.22. The molecule has 0 saturated heterocycles. The Morgan fingerprint density at radius 2 is 1.81 bits per heavy atom. The molecule has 0 spiro atoms. The predicted octanol–water partition coefficient (Wildman–Crippen LogP) is 1.76. The first-order valence-corrected chi connectivity index (χ1v) is 8.58. The minimum Gasteiger partial charge on any atom is -0.481 e. The Labute approximate surface area is 167 Å². The number of ether oxygens (including phenoxy) is 1. The fourth-order valence-electron chi connectivity index (χ4n) is 2.24. The van der Waals surface area contributed by atoms with Crippen molar-refractivity contribution in [1.29, 1.82) is 0 Å². The summed E-state index contributed by atoms with van der Waals surface area (Å²) in [6.07, 6.45) is -0.284. The first-order chi connectivity index (χ1) is 14.7. The van der Waals surface area contributed by atoms with Crippen molar-refractivity contribution in [3.05, 3.63) is 35.8 Å². The van der Waals surface area contributed by atoms with Crippen molar-refractivity contribution in [3.63, 3.8) is 0 Å². The highest BCUT2D eigenvalue weighted by atomic mass is 16.5. The molecule has 0 radical (unpaired) electrons. The summed E-state index contributed by atoms with van der Waals surface area (Å²) in [6.45, 7) is 6.35. The molecule has 0 unspecified atom stereocenters. The van der Waals surface area contributed by atoms with Gasteiger partial charge in [0.25, 0.3) is 0 Å². The van der Waals surface area contributed by atoms with Gasteiger partial charge in [-0.3, -0.25) is 9.59 Å². The average molecular weight is 383 g/mol. The molecule has 1 amide bonds. The van der Waals surface area contributed by atoms with Crippen molar-refractivity contribution < 1.29 is 31.1 Å². The van der Waals surface area contributed by atoms with E-state index in [2.05, 4.69) is 10.6 Å². The van der Waals surface area contributed by atoms with Crippen molar-refractivity contribution in [2.24, 2.45) is 5.41 Å². The number of nitrogens with one attached hydrogen (secondary N) is 2. The molecule has 0 fully saturated rings. The molecule has 1 aromatic carbocycles. The third-order valence-electron chi connectivity index (χ3n) is 3.72. The molecule has 0 heterocycles. The number of hydrogen-bond donors (Lipinski definition) is 3. The molecular formula is C20H30N2O5. The van der Waals surface area contributed by atoms with E-state index in [-0.39, 0.29) is 11.0 Å². The maximum atomic E-state index is 12.8. The zero-order valence-electron chi connectivity index (χ0n) is 21.1. The lowest BCUT2D eigenvalue weighted by Crippen LogP contribution is -2.52. The van der Waals surface area contributed by atoms with E-state index < -0.39 is 73.0 Å². The molecule has 1 rings (SSSR count). The lowest BCUT2D eigenvalue weighted by molar-refractivity contribution is -0.145. The van der Waals surface area contributed by atoms with Crippen LogP contribution in [-0.2, 0) is 25.5 Å². The molecule has 2 atom stereocenters. The summed E-state index contributed by atoms with van der Waals surface area (Å²) >= 11 is 0. The molecule has 0 aliphatic rings. The third-order valence-corrected chi connectivity index (χ3v) is 3.72.